The lowest BCUT2D eigenvalue weighted by Gasteiger charge is -2.07. The monoisotopic (exact) mass is 288 g/mol. The summed E-state index contributed by atoms with van der Waals surface area (Å²) in [4.78, 5) is 22.7. The maximum Gasteiger partial charge on any atom is 0.270 e. The van der Waals surface area contributed by atoms with Gasteiger partial charge in [0.1, 0.15) is 17.4 Å². The summed E-state index contributed by atoms with van der Waals surface area (Å²) in [6, 6.07) is 3.59. The molecule has 0 saturated carbocycles. The summed E-state index contributed by atoms with van der Waals surface area (Å²) in [6.45, 7) is 2.37. The third-order valence-corrected chi connectivity index (χ3v) is 3.08. The minimum Gasteiger partial charge on any atom is -0.492 e. The van der Waals surface area contributed by atoms with Crippen LogP contribution in [0.4, 0.5) is 0 Å². The van der Waals surface area contributed by atoms with E-state index in [4.69, 9.17) is 10.00 Å². The average Bonchev–Trinajstić information content (AvgIpc) is 2.47. The molecule has 0 aliphatic rings. The summed E-state index contributed by atoms with van der Waals surface area (Å²) < 4.78 is 5.36. The predicted molar refractivity (Wildman–Crippen MR) is 75.8 cm³/mol. The topological polar surface area (TPSA) is 91.7 Å². The van der Waals surface area contributed by atoms with Crippen LogP contribution in [0.1, 0.15) is 12.5 Å². The Morgan fingerprint density at radius 1 is 1.50 bits per heavy atom. The lowest BCUT2D eigenvalue weighted by molar-refractivity contribution is 0.339. The van der Waals surface area contributed by atoms with Crippen molar-refractivity contribution in [1.29, 1.82) is 5.26 Å². The molecule has 0 radical (unpaired) electrons. The van der Waals surface area contributed by atoms with Gasteiger partial charge in [0.05, 0.1) is 18.5 Å². The van der Waals surface area contributed by atoms with Crippen LogP contribution in [0.2, 0.25) is 0 Å². The standard InChI is InChI=1S/C13H12N4O2S/c1-3-19-9-4-8(6-15-7-9)11-10(5-14)12(18)17-13(16-11)20-2/h4,6-7H,3H2,1-2H3,(H,16,17,18). The van der Waals surface area contributed by atoms with Crippen molar-refractivity contribution >= 4 is 11.8 Å². The Hall–Kier alpha value is -2.33. The van der Waals surface area contributed by atoms with Gasteiger partial charge in [-0.1, -0.05) is 11.8 Å². The van der Waals surface area contributed by atoms with Gasteiger partial charge in [0, 0.05) is 11.8 Å². The fourth-order valence-electron chi connectivity index (χ4n) is 1.66. The van der Waals surface area contributed by atoms with Crippen LogP contribution in [-0.2, 0) is 0 Å². The summed E-state index contributed by atoms with van der Waals surface area (Å²) in [7, 11) is 0. The number of pyridine rings is 1. The predicted octanol–water partition coefficient (Wildman–Crippen LogP) is 1.82. The van der Waals surface area contributed by atoms with E-state index in [1.807, 2.05) is 13.0 Å². The maximum atomic E-state index is 11.9. The number of nitrogens with zero attached hydrogens (tertiary/aromatic N) is 3. The molecule has 0 unspecified atom stereocenters. The highest BCUT2D eigenvalue weighted by Crippen LogP contribution is 2.23. The van der Waals surface area contributed by atoms with Gasteiger partial charge in [0.15, 0.2) is 5.16 Å². The molecule has 2 aromatic rings. The molecule has 0 aromatic carbocycles. The van der Waals surface area contributed by atoms with Crippen LogP contribution in [0, 0.1) is 11.3 Å². The quantitative estimate of drug-likeness (QED) is 0.681. The lowest BCUT2D eigenvalue weighted by atomic mass is 10.1. The van der Waals surface area contributed by atoms with Crippen molar-refractivity contribution in [1.82, 2.24) is 15.0 Å². The Morgan fingerprint density at radius 3 is 2.95 bits per heavy atom. The number of H-pyrrole nitrogens is 1. The van der Waals surface area contributed by atoms with Crippen molar-refractivity contribution in [3.05, 3.63) is 34.4 Å². The zero-order valence-electron chi connectivity index (χ0n) is 11.0. The number of hydrogen-bond donors (Lipinski definition) is 1. The largest absolute Gasteiger partial charge is 0.492 e. The number of hydrogen-bond acceptors (Lipinski definition) is 6. The van der Waals surface area contributed by atoms with Gasteiger partial charge in [0.25, 0.3) is 5.56 Å². The van der Waals surface area contributed by atoms with Crippen LogP contribution in [0.15, 0.2) is 28.4 Å². The Labute approximate surface area is 119 Å². The van der Waals surface area contributed by atoms with E-state index in [0.29, 0.717) is 28.8 Å². The van der Waals surface area contributed by atoms with Gasteiger partial charge in [0.2, 0.25) is 0 Å². The van der Waals surface area contributed by atoms with Crippen LogP contribution in [0.5, 0.6) is 5.75 Å². The normalized spacial score (nSPS) is 10.1. The molecule has 7 heteroatoms. The number of nitriles is 1. The molecule has 0 spiro atoms. The fraction of sp³-hybridized carbons (Fsp3) is 0.231. The number of rotatable bonds is 4. The second-order valence-corrected chi connectivity index (χ2v) is 4.55. The van der Waals surface area contributed by atoms with E-state index in [2.05, 4.69) is 15.0 Å². The van der Waals surface area contributed by atoms with Gasteiger partial charge in [-0.25, -0.2) is 4.98 Å². The zero-order valence-corrected chi connectivity index (χ0v) is 11.8. The number of aromatic nitrogens is 3. The molecule has 2 aromatic heterocycles. The van der Waals surface area contributed by atoms with E-state index < -0.39 is 5.56 Å². The molecule has 0 aliphatic carbocycles. The summed E-state index contributed by atoms with van der Waals surface area (Å²) in [6.07, 6.45) is 4.92. The highest BCUT2D eigenvalue weighted by Gasteiger charge is 2.14. The third kappa shape index (κ3) is 2.81. The van der Waals surface area contributed by atoms with Crippen molar-refractivity contribution in [3.63, 3.8) is 0 Å². The van der Waals surface area contributed by atoms with Crippen molar-refractivity contribution in [2.75, 3.05) is 12.9 Å². The minimum absolute atomic E-state index is 0.0294. The molecule has 0 fully saturated rings. The number of aromatic amines is 1. The smallest absolute Gasteiger partial charge is 0.270 e. The van der Waals surface area contributed by atoms with E-state index in [-0.39, 0.29) is 5.56 Å². The van der Waals surface area contributed by atoms with Gasteiger partial charge in [-0.05, 0) is 19.2 Å². The van der Waals surface area contributed by atoms with Crippen LogP contribution < -0.4 is 10.3 Å². The molecule has 0 aliphatic heterocycles. The van der Waals surface area contributed by atoms with Crippen LogP contribution >= 0.6 is 11.8 Å². The SMILES string of the molecule is CCOc1cncc(-c2nc(SC)[nH]c(=O)c2C#N)c1. The molecule has 0 bridgehead atoms. The molecule has 2 rings (SSSR count). The third-order valence-electron chi connectivity index (χ3n) is 2.50. The Balaban J connectivity index is 2.62. The molecule has 6 nitrogen and oxygen atoms in total. The second-order valence-electron chi connectivity index (χ2n) is 3.75. The summed E-state index contributed by atoms with van der Waals surface area (Å²) in [5.41, 5.74) is 0.408. The van der Waals surface area contributed by atoms with Crippen molar-refractivity contribution < 1.29 is 4.74 Å². The summed E-state index contributed by atoms with van der Waals surface area (Å²) in [5.74, 6) is 0.571. The first-order valence-corrected chi connectivity index (χ1v) is 7.08. The Kier molecular flexibility index (Phi) is 4.38. The van der Waals surface area contributed by atoms with E-state index in [0.717, 1.165) is 0 Å². The Bertz CT molecular complexity index is 721. The average molecular weight is 288 g/mol. The van der Waals surface area contributed by atoms with Crippen LogP contribution in [-0.4, -0.2) is 27.8 Å². The van der Waals surface area contributed by atoms with E-state index >= 15 is 0 Å². The highest BCUT2D eigenvalue weighted by molar-refractivity contribution is 7.98. The van der Waals surface area contributed by atoms with E-state index in [1.54, 1.807) is 24.7 Å². The molecular formula is C13H12N4O2S. The molecule has 0 amide bonds. The van der Waals surface area contributed by atoms with E-state index in [9.17, 15) is 4.79 Å². The fourth-order valence-corrected chi connectivity index (χ4v) is 2.03. The van der Waals surface area contributed by atoms with Gasteiger partial charge in [-0.3, -0.25) is 9.78 Å². The van der Waals surface area contributed by atoms with Gasteiger partial charge < -0.3 is 9.72 Å². The summed E-state index contributed by atoms with van der Waals surface area (Å²) >= 11 is 1.30. The second kappa shape index (κ2) is 6.21. The molecule has 102 valence electrons. The Morgan fingerprint density at radius 2 is 2.30 bits per heavy atom. The van der Waals surface area contributed by atoms with Crippen molar-refractivity contribution in [3.8, 4) is 23.1 Å². The van der Waals surface area contributed by atoms with Crippen molar-refractivity contribution in [2.24, 2.45) is 0 Å². The number of nitrogens with one attached hydrogen (secondary N) is 1. The molecule has 2 heterocycles. The number of ether oxygens (including phenoxy) is 1. The maximum absolute atomic E-state index is 11.9. The van der Waals surface area contributed by atoms with Gasteiger partial charge >= 0.3 is 0 Å². The lowest BCUT2D eigenvalue weighted by Crippen LogP contribution is -2.14. The van der Waals surface area contributed by atoms with Crippen molar-refractivity contribution in [2.45, 2.75) is 12.1 Å². The summed E-state index contributed by atoms with van der Waals surface area (Å²) in [5, 5.41) is 9.58. The minimum atomic E-state index is -0.455. The van der Waals surface area contributed by atoms with Crippen LogP contribution in [0.25, 0.3) is 11.3 Å². The first kappa shape index (κ1) is 14.1. The zero-order chi connectivity index (χ0) is 14.5. The molecule has 20 heavy (non-hydrogen) atoms. The van der Waals surface area contributed by atoms with Crippen LogP contribution in [0.3, 0.4) is 0 Å². The molecule has 1 N–H and O–H groups in total. The molecular weight excluding hydrogens is 276 g/mol. The first-order valence-electron chi connectivity index (χ1n) is 5.86. The molecule has 0 atom stereocenters. The number of thioether (sulfide) groups is 1. The first-order chi connectivity index (χ1) is 9.69. The highest BCUT2D eigenvalue weighted by atomic mass is 32.2. The molecule has 0 saturated heterocycles. The van der Waals surface area contributed by atoms with Gasteiger partial charge in [-0.2, -0.15) is 5.26 Å². The van der Waals surface area contributed by atoms with Gasteiger partial charge in [-0.15, -0.1) is 0 Å². The van der Waals surface area contributed by atoms with E-state index in [1.165, 1.54) is 11.8 Å².